The Morgan fingerprint density at radius 3 is 2.71 bits per heavy atom. The molecule has 114 valence electrons. The first-order valence-corrected chi connectivity index (χ1v) is 7.20. The van der Waals surface area contributed by atoms with Gasteiger partial charge in [-0.15, -0.1) is 0 Å². The number of carboxylic acid groups (broad SMARTS) is 1. The predicted molar refractivity (Wildman–Crippen MR) is 77.5 cm³/mol. The van der Waals surface area contributed by atoms with Gasteiger partial charge in [0.2, 0.25) is 5.82 Å². The molecule has 1 aliphatic carbocycles. The molecule has 0 spiro atoms. The third kappa shape index (κ3) is 4.14. The molecular weight excluding hydrogens is 274 g/mol. The van der Waals surface area contributed by atoms with Crippen LogP contribution in [-0.2, 0) is 0 Å². The number of rotatable bonds is 6. The summed E-state index contributed by atoms with van der Waals surface area (Å²) in [4.78, 5) is 25.1. The molecular formula is C14H19N3O4. The van der Waals surface area contributed by atoms with E-state index < -0.39 is 10.9 Å². The van der Waals surface area contributed by atoms with Crippen molar-refractivity contribution in [2.24, 2.45) is 5.92 Å². The van der Waals surface area contributed by atoms with Crippen molar-refractivity contribution in [1.82, 2.24) is 4.98 Å². The van der Waals surface area contributed by atoms with Gasteiger partial charge in [0.15, 0.2) is 5.69 Å². The number of anilines is 1. The molecule has 7 heteroatoms. The summed E-state index contributed by atoms with van der Waals surface area (Å²) in [5.41, 5.74) is -0.385. The van der Waals surface area contributed by atoms with E-state index in [-0.39, 0.29) is 17.2 Å². The average molecular weight is 293 g/mol. The zero-order chi connectivity index (χ0) is 15.2. The van der Waals surface area contributed by atoms with Gasteiger partial charge in [-0.1, -0.05) is 32.1 Å². The summed E-state index contributed by atoms with van der Waals surface area (Å²) in [6.45, 7) is 0.571. The Balaban J connectivity index is 2.00. The fourth-order valence-corrected chi connectivity index (χ4v) is 2.72. The van der Waals surface area contributed by atoms with Gasteiger partial charge in [-0.05, 0) is 18.4 Å². The highest BCUT2D eigenvalue weighted by Crippen LogP contribution is 2.27. The molecule has 0 unspecified atom stereocenters. The first-order chi connectivity index (χ1) is 10.1. The number of hydrogen-bond acceptors (Lipinski definition) is 5. The van der Waals surface area contributed by atoms with Gasteiger partial charge in [-0.3, -0.25) is 10.1 Å². The van der Waals surface area contributed by atoms with Gasteiger partial charge in [0.25, 0.3) is 0 Å². The normalized spacial score (nSPS) is 15.6. The molecule has 0 atom stereocenters. The van der Waals surface area contributed by atoms with Crippen LogP contribution >= 0.6 is 0 Å². The Morgan fingerprint density at radius 2 is 2.10 bits per heavy atom. The van der Waals surface area contributed by atoms with Crippen LogP contribution in [0.15, 0.2) is 12.1 Å². The monoisotopic (exact) mass is 293 g/mol. The number of aromatic carboxylic acids is 1. The molecule has 21 heavy (non-hydrogen) atoms. The highest BCUT2D eigenvalue weighted by atomic mass is 16.6. The zero-order valence-electron chi connectivity index (χ0n) is 11.7. The highest BCUT2D eigenvalue weighted by Gasteiger charge is 2.19. The molecule has 0 aliphatic heterocycles. The summed E-state index contributed by atoms with van der Waals surface area (Å²) in [7, 11) is 0. The predicted octanol–water partition coefficient (Wildman–Crippen LogP) is 3.07. The van der Waals surface area contributed by atoms with Crippen LogP contribution in [0.2, 0.25) is 0 Å². The first-order valence-electron chi connectivity index (χ1n) is 7.20. The molecule has 0 radical (unpaired) electrons. The van der Waals surface area contributed by atoms with E-state index in [0.717, 1.165) is 12.5 Å². The van der Waals surface area contributed by atoms with Gasteiger partial charge in [-0.25, -0.2) is 9.78 Å². The maximum Gasteiger partial charge on any atom is 0.354 e. The minimum Gasteiger partial charge on any atom is -0.477 e. The molecule has 1 saturated carbocycles. The quantitative estimate of drug-likeness (QED) is 0.616. The second-order valence-corrected chi connectivity index (χ2v) is 5.35. The molecule has 0 saturated heterocycles. The maximum atomic E-state index is 10.9. The molecule has 0 bridgehead atoms. The summed E-state index contributed by atoms with van der Waals surface area (Å²) in [6, 6.07) is 2.33. The Bertz CT molecular complexity index is 527. The molecule has 1 aromatic rings. The Hall–Kier alpha value is -2.18. The van der Waals surface area contributed by atoms with Crippen molar-refractivity contribution in [2.45, 2.75) is 38.5 Å². The van der Waals surface area contributed by atoms with Crippen molar-refractivity contribution >= 4 is 17.5 Å². The fraction of sp³-hybridized carbons (Fsp3) is 0.571. The van der Waals surface area contributed by atoms with Gasteiger partial charge in [0.05, 0.1) is 4.92 Å². The lowest BCUT2D eigenvalue weighted by molar-refractivity contribution is -0.384. The highest BCUT2D eigenvalue weighted by molar-refractivity contribution is 5.86. The lowest BCUT2D eigenvalue weighted by atomic mass is 9.87. The van der Waals surface area contributed by atoms with E-state index in [1.54, 1.807) is 0 Å². The maximum absolute atomic E-state index is 10.9. The number of carbonyl (C=O) groups is 1. The van der Waals surface area contributed by atoms with Crippen LogP contribution in [0, 0.1) is 16.0 Å². The van der Waals surface area contributed by atoms with Crippen LogP contribution in [0.4, 0.5) is 11.5 Å². The van der Waals surface area contributed by atoms with Crippen molar-refractivity contribution in [3.05, 3.63) is 27.9 Å². The van der Waals surface area contributed by atoms with Gasteiger partial charge in [-0.2, -0.15) is 0 Å². The molecule has 0 amide bonds. The van der Waals surface area contributed by atoms with Crippen molar-refractivity contribution < 1.29 is 14.8 Å². The first kappa shape index (κ1) is 15.2. The average Bonchev–Trinajstić information content (AvgIpc) is 2.48. The summed E-state index contributed by atoms with van der Waals surface area (Å²) >= 11 is 0. The second-order valence-electron chi connectivity index (χ2n) is 5.35. The van der Waals surface area contributed by atoms with Gasteiger partial charge in [0.1, 0.15) is 0 Å². The summed E-state index contributed by atoms with van der Waals surface area (Å²) in [6.07, 6.45) is 7.11. The molecule has 1 fully saturated rings. The Morgan fingerprint density at radius 1 is 1.38 bits per heavy atom. The number of carboxylic acids is 1. The largest absolute Gasteiger partial charge is 0.477 e. The van der Waals surface area contributed by atoms with E-state index in [0.29, 0.717) is 12.5 Å². The molecule has 0 aromatic carbocycles. The van der Waals surface area contributed by atoms with E-state index in [1.807, 2.05) is 0 Å². The summed E-state index contributed by atoms with van der Waals surface area (Å²) < 4.78 is 0. The van der Waals surface area contributed by atoms with Crippen LogP contribution in [0.3, 0.4) is 0 Å². The smallest absolute Gasteiger partial charge is 0.354 e. The molecule has 2 N–H and O–H groups in total. The Labute approximate surface area is 122 Å². The molecule has 1 heterocycles. The van der Waals surface area contributed by atoms with Crippen LogP contribution in [-0.4, -0.2) is 27.5 Å². The summed E-state index contributed by atoms with van der Waals surface area (Å²) in [5, 5.41) is 22.8. The van der Waals surface area contributed by atoms with Gasteiger partial charge < -0.3 is 10.4 Å². The van der Waals surface area contributed by atoms with Crippen molar-refractivity contribution in [3.63, 3.8) is 0 Å². The van der Waals surface area contributed by atoms with Crippen LogP contribution in [0.5, 0.6) is 0 Å². The number of nitro groups is 1. The van der Waals surface area contributed by atoms with Crippen LogP contribution in [0.25, 0.3) is 0 Å². The third-order valence-corrected chi connectivity index (χ3v) is 3.86. The number of aromatic nitrogens is 1. The number of pyridine rings is 1. The van der Waals surface area contributed by atoms with Crippen molar-refractivity contribution in [2.75, 3.05) is 11.9 Å². The van der Waals surface area contributed by atoms with Gasteiger partial charge in [0, 0.05) is 12.6 Å². The van der Waals surface area contributed by atoms with E-state index >= 15 is 0 Å². The lowest BCUT2D eigenvalue weighted by Gasteiger charge is -2.21. The fourth-order valence-electron chi connectivity index (χ4n) is 2.72. The molecule has 1 aromatic heterocycles. The van der Waals surface area contributed by atoms with E-state index in [1.165, 1.54) is 38.2 Å². The minimum absolute atomic E-state index is 0.0377. The minimum atomic E-state index is -1.19. The second kappa shape index (κ2) is 7.01. The SMILES string of the molecule is O=C(O)c1ccc([N+](=O)[O-])c(NCCC2CCCCC2)n1. The van der Waals surface area contributed by atoms with Crippen molar-refractivity contribution in [1.29, 1.82) is 0 Å². The van der Waals surface area contributed by atoms with Crippen molar-refractivity contribution in [3.8, 4) is 0 Å². The number of nitrogens with one attached hydrogen (secondary N) is 1. The van der Waals surface area contributed by atoms with Crippen LogP contribution in [0.1, 0.15) is 49.0 Å². The number of hydrogen-bond donors (Lipinski definition) is 2. The van der Waals surface area contributed by atoms with Crippen LogP contribution < -0.4 is 5.32 Å². The number of nitrogens with zero attached hydrogens (tertiary/aromatic N) is 2. The van der Waals surface area contributed by atoms with Gasteiger partial charge >= 0.3 is 11.7 Å². The van der Waals surface area contributed by atoms with E-state index in [9.17, 15) is 14.9 Å². The summed E-state index contributed by atoms with van der Waals surface area (Å²) in [5.74, 6) is -0.510. The molecule has 1 aliphatic rings. The Kier molecular flexibility index (Phi) is 5.08. The molecule has 7 nitrogen and oxygen atoms in total. The van der Waals surface area contributed by atoms with E-state index in [2.05, 4.69) is 10.3 Å². The van der Waals surface area contributed by atoms with E-state index in [4.69, 9.17) is 5.11 Å². The topological polar surface area (TPSA) is 105 Å². The standard InChI is InChI=1S/C14H19N3O4/c18-14(19)11-6-7-12(17(20)21)13(16-11)15-9-8-10-4-2-1-3-5-10/h6-7,10H,1-5,8-9H2,(H,15,16)(H,18,19). The lowest BCUT2D eigenvalue weighted by Crippen LogP contribution is -2.14. The molecule has 2 rings (SSSR count). The zero-order valence-corrected chi connectivity index (χ0v) is 11.7. The third-order valence-electron chi connectivity index (χ3n) is 3.86.